The van der Waals surface area contributed by atoms with Crippen molar-refractivity contribution in [2.45, 2.75) is 57.7 Å². The molecule has 0 bridgehead atoms. The first kappa shape index (κ1) is 24.5. The molecular formula is C23H31F4N3O2. The second-order valence-corrected chi connectivity index (χ2v) is 9.01. The first-order valence-electron chi connectivity index (χ1n) is 11.3. The summed E-state index contributed by atoms with van der Waals surface area (Å²) in [6, 6.07) is 2.21. The van der Waals surface area contributed by atoms with Gasteiger partial charge in [0, 0.05) is 31.2 Å². The van der Waals surface area contributed by atoms with Crippen LogP contribution in [0.3, 0.4) is 0 Å². The van der Waals surface area contributed by atoms with E-state index >= 15 is 0 Å². The van der Waals surface area contributed by atoms with Crippen LogP contribution in [0.2, 0.25) is 0 Å². The Hall–Kier alpha value is -2.16. The maximum Gasteiger partial charge on any atom is 0.416 e. The van der Waals surface area contributed by atoms with E-state index in [1.54, 1.807) is 0 Å². The number of alkyl halides is 3. The third-order valence-corrected chi connectivity index (χ3v) is 6.63. The highest BCUT2D eigenvalue weighted by molar-refractivity contribution is 5.94. The Morgan fingerprint density at radius 1 is 1.06 bits per heavy atom. The minimum atomic E-state index is -4.72. The highest BCUT2D eigenvalue weighted by Gasteiger charge is 2.32. The lowest BCUT2D eigenvalue weighted by Crippen LogP contribution is -2.47. The maximum absolute atomic E-state index is 13.5. The van der Waals surface area contributed by atoms with Crippen molar-refractivity contribution in [1.82, 2.24) is 15.5 Å². The van der Waals surface area contributed by atoms with Crippen molar-refractivity contribution in [3.63, 3.8) is 0 Å². The summed E-state index contributed by atoms with van der Waals surface area (Å²) in [5, 5.41) is 6.00. The number of benzene rings is 1. The summed E-state index contributed by atoms with van der Waals surface area (Å²) in [4.78, 5) is 26.6. The second-order valence-electron chi connectivity index (χ2n) is 9.01. The maximum atomic E-state index is 13.5. The molecule has 5 nitrogen and oxygen atoms in total. The first-order valence-corrected chi connectivity index (χ1v) is 11.3. The monoisotopic (exact) mass is 457 g/mol. The third-order valence-electron chi connectivity index (χ3n) is 6.63. The molecule has 3 rings (SSSR count). The molecule has 9 heteroatoms. The van der Waals surface area contributed by atoms with Gasteiger partial charge in [0.05, 0.1) is 12.1 Å². The molecule has 1 saturated carbocycles. The number of amides is 2. The van der Waals surface area contributed by atoms with Gasteiger partial charge in [-0.25, -0.2) is 4.39 Å². The Morgan fingerprint density at radius 2 is 1.75 bits per heavy atom. The molecule has 32 heavy (non-hydrogen) atoms. The molecule has 1 aromatic carbocycles. The van der Waals surface area contributed by atoms with Crippen LogP contribution in [0, 0.1) is 17.7 Å². The Morgan fingerprint density at radius 3 is 2.41 bits per heavy atom. The normalized spacial score (nSPS) is 22.6. The predicted octanol–water partition coefficient (Wildman–Crippen LogP) is 3.98. The number of piperidine rings is 1. The van der Waals surface area contributed by atoms with Gasteiger partial charge in [0.2, 0.25) is 5.91 Å². The molecule has 1 aliphatic heterocycles. The molecule has 2 fully saturated rings. The van der Waals surface area contributed by atoms with Crippen molar-refractivity contribution in [3.05, 3.63) is 35.1 Å². The van der Waals surface area contributed by atoms with Gasteiger partial charge in [-0.05, 0) is 55.7 Å². The highest BCUT2D eigenvalue weighted by atomic mass is 19.4. The van der Waals surface area contributed by atoms with E-state index in [0.29, 0.717) is 56.6 Å². The standard InChI is InChI=1S/C23H31F4N3O2/c1-15-4-2-3-5-20(15)28-14-21(31)30-8-6-16(7-9-30)13-29-22(32)17-10-18(23(25,26)27)12-19(24)11-17/h10-12,15-16,20,28H,2-9,13-14H2,1H3,(H,29,32). The van der Waals surface area contributed by atoms with Gasteiger partial charge in [-0.1, -0.05) is 19.8 Å². The zero-order chi connectivity index (χ0) is 23.3. The quantitative estimate of drug-likeness (QED) is 0.636. The van der Waals surface area contributed by atoms with Crippen LogP contribution in [-0.4, -0.2) is 48.9 Å². The van der Waals surface area contributed by atoms with Crippen LogP contribution in [0.15, 0.2) is 18.2 Å². The molecule has 178 valence electrons. The average molecular weight is 458 g/mol. The van der Waals surface area contributed by atoms with E-state index in [9.17, 15) is 27.2 Å². The number of hydrogen-bond donors (Lipinski definition) is 2. The summed E-state index contributed by atoms with van der Waals surface area (Å²) < 4.78 is 52.0. The molecule has 2 aliphatic rings. The topological polar surface area (TPSA) is 61.4 Å². The number of nitrogens with zero attached hydrogens (tertiary/aromatic N) is 1. The number of carbonyl (C=O) groups is 2. The molecule has 0 aromatic heterocycles. The molecule has 2 amide bonds. The first-order chi connectivity index (χ1) is 15.1. The Labute approximate surface area is 185 Å². The van der Waals surface area contributed by atoms with Crippen LogP contribution in [-0.2, 0) is 11.0 Å². The molecule has 0 spiro atoms. The second kappa shape index (κ2) is 10.6. The molecule has 1 aromatic rings. The summed E-state index contributed by atoms with van der Waals surface area (Å²) >= 11 is 0. The third kappa shape index (κ3) is 6.67. The van der Waals surface area contributed by atoms with E-state index in [2.05, 4.69) is 17.6 Å². The van der Waals surface area contributed by atoms with Crippen LogP contribution in [0.5, 0.6) is 0 Å². The lowest BCUT2D eigenvalue weighted by Gasteiger charge is -2.34. The van der Waals surface area contributed by atoms with Crippen molar-refractivity contribution in [2.75, 3.05) is 26.2 Å². The van der Waals surface area contributed by atoms with Crippen molar-refractivity contribution in [1.29, 1.82) is 0 Å². The molecule has 2 atom stereocenters. The van der Waals surface area contributed by atoms with Gasteiger partial charge in [-0.2, -0.15) is 13.2 Å². The number of carbonyl (C=O) groups excluding carboxylic acids is 2. The summed E-state index contributed by atoms with van der Waals surface area (Å²) in [7, 11) is 0. The minimum absolute atomic E-state index is 0.0738. The SMILES string of the molecule is CC1CCCCC1NCC(=O)N1CCC(CNC(=O)c2cc(F)cc(C(F)(F)F)c2)CC1. The minimum Gasteiger partial charge on any atom is -0.352 e. The fraction of sp³-hybridized carbons (Fsp3) is 0.652. The highest BCUT2D eigenvalue weighted by Crippen LogP contribution is 2.30. The summed E-state index contributed by atoms with van der Waals surface area (Å²) in [6.07, 6.45) is 1.41. The van der Waals surface area contributed by atoms with E-state index in [1.165, 1.54) is 19.3 Å². The number of halogens is 4. The van der Waals surface area contributed by atoms with E-state index < -0.39 is 23.5 Å². The van der Waals surface area contributed by atoms with Gasteiger partial charge >= 0.3 is 6.18 Å². The average Bonchev–Trinajstić information content (AvgIpc) is 2.76. The van der Waals surface area contributed by atoms with Gasteiger partial charge in [-0.15, -0.1) is 0 Å². The fourth-order valence-electron chi connectivity index (χ4n) is 4.56. The number of nitrogens with one attached hydrogen (secondary N) is 2. The van der Waals surface area contributed by atoms with Crippen molar-refractivity contribution in [2.24, 2.45) is 11.8 Å². The smallest absolute Gasteiger partial charge is 0.352 e. The number of hydrogen-bond acceptors (Lipinski definition) is 3. The van der Waals surface area contributed by atoms with Gasteiger partial charge < -0.3 is 15.5 Å². The molecule has 2 N–H and O–H groups in total. The zero-order valence-electron chi connectivity index (χ0n) is 18.3. The van der Waals surface area contributed by atoms with Crippen molar-refractivity contribution >= 4 is 11.8 Å². The summed E-state index contributed by atoms with van der Waals surface area (Å²) in [5.74, 6) is -1.07. The van der Waals surface area contributed by atoms with E-state index in [0.717, 1.165) is 12.5 Å². The Bertz CT molecular complexity index is 807. The Balaban J connectivity index is 1.42. The van der Waals surface area contributed by atoms with E-state index in [1.807, 2.05) is 4.90 Å². The summed E-state index contributed by atoms with van der Waals surface area (Å²) in [5.41, 5.74) is -1.54. The van der Waals surface area contributed by atoms with Gasteiger partial charge in [0.25, 0.3) is 5.91 Å². The number of rotatable bonds is 6. The molecule has 1 saturated heterocycles. The van der Waals surface area contributed by atoms with Crippen LogP contribution < -0.4 is 10.6 Å². The van der Waals surface area contributed by atoms with Crippen molar-refractivity contribution in [3.8, 4) is 0 Å². The van der Waals surface area contributed by atoms with Gasteiger partial charge in [0.1, 0.15) is 5.82 Å². The predicted molar refractivity (Wildman–Crippen MR) is 112 cm³/mol. The Kier molecular flexibility index (Phi) is 8.14. The molecular weight excluding hydrogens is 426 g/mol. The number of likely N-dealkylation sites (tertiary alicyclic amines) is 1. The fourth-order valence-corrected chi connectivity index (χ4v) is 4.56. The van der Waals surface area contributed by atoms with Gasteiger partial charge in [-0.3, -0.25) is 9.59 Å². The largest absolute Gasteiger partial charge is 0.416 e. The molecule has 1 heterocycles. The van der Waals surface area contributed by atoms with Crippen LogP contribution in [0.1, 0.15) is 61.4 Å². The lowest BCUT2D eigenvalue weighted by atomic mass is 9.86. The zero-order valence-corrected chi connectivity index (χ0v) is 18.3. The van der Waals surface area contributed by atoms with E-state index in [-0.39, 0.29) is 23.9 Å². The lowest BCUT2D eigenvalue weighted by molar-refractivity contribution is -0.137. The summed E-state index contributed by atoms with van der Waals surface area (Å²) in [6.45, 7) is 3.99. The molecule has 1 aliphatic carbocycles. The van der Waals surface area contributed by atoms with Crippen molar-refractivity contribution < 1.29 is 27.2 Å². The van der Waals surface area contributed by atoms with E-state index in [4.69, 9.17) is 0 Å². The van der Waals surface area contributed by atoms with Crippen LogP contribution >= 0.6 is 0 Å². The molecule has 0 radical (unpaired) electrons. The van der Waals surface area contributed by atoms with Crippen LogP contribution in [0.4, 0.5) is 17.6 Å². The van der Waals surface area contributed by atoms with Gasteiger partial charge in [0.15, 0.2) is 0 Å². The van der Waals surface area contributed by atoms with Crippen LogP contribution in [0.25, 0.3) is 0 Å². The molecule has 2 unspecified atom stereocenters.